The molecule has 1 saturated heterocycles. The van der Waals surface area contributed by atoms with Crippen LogP contribution in [0.15, 0.2) is 60.8 Å². The topological polar surface area (TPSA) is 113 Å². The Morgan fingerprint density at radius 2 is 1.66 bits per heavy atom. The second-order valence-electron chi connectivity index (χ2n) is 9.99. The van der Waals surface area contributed by atoms with Gasteiger partial charge in [-0.25, -0.2) is 9.50 Å². The number of ether oxygens (including phenoxy) is 2. The molecule has 2 N–H and O–H groups in total. The molecule has 0 saturated carbocycles. The first-order valence-electron chi connectivity index (χ1n) is 13.6. The highest BCUT2D eigenvalue weighted by Crippen LogP contribution is 2.32. The van der Waals surface area contributed by atoms with E-state index in [4.69, 9.17) is 9.47 Å². The van der Waals surface area contributed by atoms with Crippen molar-refractivity contribution in [2.45, 2.75) is 6.42 Å². The average molecular weight is 558 g/mol. The number of carbonyl (C=O) groups excluding carboxylic acids is 2. The van der Waals surface area contributed by atoms with Gasteiger partial charge in [0, 0.05) is 61.8 Å². The van der Waals surface area contributed by atoms with Gasteiger partial charge in [0.2, 0.25) is 0 Å². The van der Waals surface area contributed by atoms with Crippen LogP contribution in [0.1, 0.15) is 27.3 Å². The van der Waals surface area contributed by atoms with Crippen molar-refractivity contribution in [1.29, 1.82) is 0 Å². The van der Waals surface area contributed by atoms with Crippen LogP contribution in [0.3, 0.4) is 0 Å². The molecule has 11 heteroatoms. The number of nitrogens with zero attached hydrogens (tertiary/aromatic N) is 5. The van der Waals surface area contributed by atoms with Gasteiger partial charge in [-0.3, -0.25) is 9.59 Å². The summed E-state index contributed by atoms with van der Waals surface area (Å²) < 4.78 is 12.4. The number of rotatable bonds is 10. The fraction of sp³-hybridized carbons (Fsp3) is 0.333. The predicted octanol–water partition coefficient (Wildman–Crippen LogP) is 3.03. The zero-order valence-corrected chi connectivity index (χ0v) is 23.6. The van der Waals surface area contributed by atoms with E-state index in [1.165, 1.54) is 0 Å². The molecule has 0 bridgehead atoms. The lowest BCUT2D eigenvalue weighted by Gasteiger charge is -2.32. The van der Waals surface area contributed by atoms with E-state index in [9.17, 15) is 9.59 Å². The van der Waals surface area contributed by atoms with Crippen molar-refractivity contribution < 1.29 is 19.1 Å². The SMILES string of the molecule is COc1ccc(-c2ccnc3cc(C(=O)Nc4ccc(C(=O)NCCCN5CCN(C)CC5)cc4)nn23)cc1OC. The molecule has 11 nitrogen and oxygen atoms in total. The van der Waals surface area contributed by atoms with E-state index in [1.807, 2.05) is 24.3 Å². The Hall–Kier alpha value is -4.48. The predicted molar refractivity (Wildman–Crippen MR) is 157 cm³/mol. The van der Waals surface area contributed by atoms with Gasteiger partial charge in [0.05, 0.1) is 19.9 Å². The second-order valence-corrected chi connectivity index (χ2v) is 9.99. The molecule has 1 fully saturated rings. The van der Waals surface area contributed by atoms with Gasteiger partial charge in [-0.15, -0.1) is 0 Å². The van der Waals surface area contributed by atoms with Crippen molar-refractivity contribution >= 4 is 23.1 Å². The van der Waals surface area contributed by atoms with Crippen molar-refractivity contribution in [1.82, 2.24) is 29.7 Å². The molecule has 2 aromatic heterocycles. The fourth-order valence-electron chi connectivity index (χ4n) is 4.80. The quantitative estimate of drug-likeness (QED) is 0.286. The molecule has 5 rings (SSSR count). The lowest BCUT2D eigenvalue weighted by molar-refractivity contribution is 0.0948. The van der Waals surface area contributed by atoms with Gasteiger partial charge < -0.3 is 29.9 Å². The van der Waals surface area contributed by atoms with E-state index < -0.39 is 0 Å². The summed E-state index contributed by atoms with van der Waals surface area (Å²) in [6, 6.07) is 15.8. The maximum absolute atomic E-state index is 13.0. The highest BCUT2D eigenvalue weighted by atomic mass is 16.5. The summed E-state index contributed by atoms with van der Waals surface area (Å²) in [6.07, 6.45) is 2.58. The minimum Gasteiger partial charge on any atom is -0.493 e. The van der Waals surface area contributed by atoms with Gasteiger partial charge in [-0.1, -0.05) is 0 Å². The number of hydrogen-bond donors (Lipinski definition) is 2. The summed E-state index contributed by atoms with van der Waals surface area (Å²) in [7, 11) is 5.30. The minimum absolute atomic E-state index is 0.129. The molecule has 1 aliphatic heterocycles. The van der Waals surface area contributed by atoms with Crippen LogP contribution in [0.2, 0.25) is 0 Å². The first kappa shape index (κ1) is 28.1. The molecule has 1 aliphatic rings. The molecule has 0 radical (unpaired) electrons. The highest BCUT2D eigenvalue weighted by molar-refractivity contribution is 6.04. The van der Waals surface area contributed by atoms with Crippen LogP contribution in [0.25, 0.3) is 16.9 Å². The number of fused-ring (bicyclic) bond motifs is 1. The molecule has 41 heavy (non-hydrogen) atoms. The summed E-state index contributed by atoms with van der Waals surface area (Å²) in [5.41, 5.74) is 3.42. The Balaban J connectivity index is 1.19. The Morgan fingerprint density at radius 3 is 2.39 bits per heavy atom. The maximum Gasteiger partial charge on any atom is 0.276 e. The van der Waals surface area contributed by atoms with Crippen LogP contribution in [0.5, 0.6) is 11.5 Å². The van der Waals surface area contributed by atoms with Crippen molar-refractivity contribution in [3.05, 3.63) is 72.1 Å². The smallest absolute Gasteiger partial charge is 0.276 e. The molecule has 0 aliphatic carbocycles. The lowest BCUT2D eigenvalue weighted by Crippen LogP contribution is -2.45. The largest absolute Gasteiger partial charge is 0.493 e. The Labute approximate surface area is 239 Å². The Kier molecular flexibility index (Phi) is 8.76. The molecule has 2 amide bonds. The molecule has 3 heterocycles. The van der Waals surface area contributed by atoms with Gasteiger partial charge in [-0.2, -0.15) is 5.10 Å². The van der Waals surface area contributed by atoms with Crippen LogP contribution in [0.4, 0.5) is 5.69 Å². The monoisotopic (exact) mass is 557 g/mol. The highest BCUT2D eigenvalue weighted by Gasteiger charge is 2.17. The number of benzene rings is 2. The summed E-state index contributed by atoms with van der Waals surface area (Å²) in [4.78, 5) is 34.7. The van der Waals surface area contributed by atoms with Crippen molar-refractivity contribution in [2.75, 3.05) is 65.9 Å². The van der Waals surface area contributed by atoms with Crippen molar-refractivity contribution in [3.63, 3.8) is 0 Å². The standard InChI is InChI=1S/C30H35N7O4/c1-35-15-17-36(18-16-35)14-4-12-32-29(38)21-5-8-23(9-6-21)33-30(39)24-20-28-31-13-11-25(37(28)34-24)22-7-10-26(40-2)27(19-22)41-3/h5-11,13,19-20H,4,12,14-18H2,1-3H3,(H,32,38)(H,33,39). The van der Waals surface area contributed by atoms with E-state index in [-0.39, 0.29) is 17.5 Å². The Bertz CT molecular complexity index is 1510. The number of likely N-dealkylation sites (N-methyl/N-ethyl adjacent to an activating group) is 1. The van der Waals surface area contributed by atoms with E-state index in [0.717, 1.165) is 50.4 Å². The molecule has 4 aromatic rings. The maximum atomic E-state index is 13.0. The summed E-state index contributed by atoms with van der Waals surface area (Å²) in [5.74, 6) is 0.694. The molecule has 2 aromatic carbocycles. The first-order valence-corrected chi connectivity index (χ1v) is 13.6. The first-order chi connectivity index (χ1) is 19.9. The summed E-state index contributed by atoms with van der Waals surface area (Å²) in [5, 5.41) is 10.3. The molecule has 214 valence electrons. The van der Waals surface area contributed by atoms with Gasteiger partial charge in [0.15, 0.2) is 22.8 Å². The average Bonchev–Trinajstić information content (AvgIpc) is 3.45. The molecular weight excluding hydrogens is 522 g/mol. The molecule has 0 atom stereocenters. The Morgan fingerprint density at radius 1 is 0.902 bits per heavy atom. The zero-order valence-electron chi connectivity index (χ0n) is 23.6. The zero-order chi connectivity index (χ0) is 28.8. The van der Waals surface area contributed by atoms with Gasteiger partial charge in [-0.05, 0) is 68.5 Å². The van der Waals surface area contributed by atoms with Gasteiger partial charge in [0.25, 0.3) is 11.8 Å². The summed E-state index contributed by atoms with van der Waals surface area (Å²) >= 11 is 0. The van der Waals surface area contributed by atoms with Gasteiger partial charge in [0.1, 0.15) is 0 Å². The van der Waals surface area contributed by atoms with E-state index in [0.29, 0.717) is 34.9 Å². The van der Waals surface area contributed by atoms with Crippen molar-refractivity contribution in [2.24, 2.45) is 0 Å². The lowest BCUT2D eigenvalue weighted by atomic mass is 10.1. The number of methoxy groups -OCH3 is 2. The number of piperazine rings is 1. The third-order valence-corrected chi connectivity index (χ3v) is 7.21. The van der Waals surface area contributed by atoms with Gasteiger partial charge >= 0.3 is 0 Å². The van der Waals surface area contributed by atoms with E-state index >= 15 is 0 Å². The van der Waals surface area contributed by atoms with E-state index in [2.05, 4.69) is 37.6 Å². The fourth-order valence-corrected chi connectivity index (χ4v) is 4.80. The number of amides is 2. The van der Waals surface area contributed by atoms with Crippen LogP contribution in [-0.4, -0.2) is 96.7 Å². The number of hydrogen-bond acceptors (Lipinski definition) is 8. The minimum atomic E-state index is -0.380. The normalized spacial score (nSPS) is 14.1. The molecule has 0 spiro atoms. The van der Waals surface area contributed by atoms with Crippen LogP contribution in [0, 0.1) is 0 Å². The second kappa shape index (κ2) is 12.8. The number of aromatic nitrogens is 3. The van der Waals surface area contributed by atoms with E-state index in [1.54, 1.807) is 55.3 Å². The number of anilines is 1. The molecular formula is C30H35N7O4. The number of nitrogens with one attached hydrogen (secondary N) is 2. The number of carbonyl (C=O) groups is 2. The van der Waals surface area contributed by atoms with Crippen molar-refractivity contribution in [3.8, 4) is 22.8 Å². The molecule has 0 unspecified atom stereocenters. The third-order valence-electron chi connectivity index (χ3n) is 7.21. The van der Waals surface area contributed by atoms with Crippen LogP contribution < -0.4 is 20.1 Å². The van der Waals surface area contributed by atoms with Crippen LogP contribution in [-0.2, 0) is 0 Å². The van der Waals surface area contributed by atoms with Crippen LogP contribution >= 0.6 is 0 Å². The third kappa shape index (κ3) is 6.64. The summed E-state index contributed by atoms with van der Waals surface area (Å²) in [6.45, 7) is 5.92.